The zero-order valence-electron chi connectivity index (χ0n) is 10.7. The molecule has 0 spiro atoms. The Morgan fingerprint density at radius 2 is 2.00 bits per heavy atom. The van der Waals surface area contributed by atoms with Gasteiger partial charge in [0, 0.05) is 17.8 Å². The van der Waals surface area contributed by atoms with Crippen LogP contribution in [0.5, 0.6) is 0 Å². The van der Waals surface area contributed by atoms with Crippen LogP contribution in [0.4, 0.5) is 0 Å². The summed E-state index contributed by atoms with van der Waals surface area (Å²) in [5.74, 6) is 0. The van der Waals surface area contributed by atoms with Crippen molar-refractivity contribution in [2.45, 2.75) is 11.2 Å². The molecule has 2 N–H and O–H groups in total. The minimum absolute atomic E-state index is 0.346. The van der Waals surface area contributed by atoms with E-state index < -0.39 is 14.8 Å². The van der Waals surface area contributed by atoms with Gasteiger partial charge in [0.2, 0.25) is 10.0 Å². The summed E-state index contributed by atoms with van der Waals surface area (Å²) in [4.78, 5) is 4.05. The lowest BCUT2D eigenvalue weighted by atomic mass is 9.90. The number of primary sulfonamides is 1. The van der Waals surface area contributed by atoms with Gasteiger partial charge in [-0.3, -0.25) is 4.98 Å². The normalized spacial score (nSPS) is 22.2. The number of sulfonamides is 1. The van der Waals surface area contributed by atoms with Crippen LogP contribution in [0.25, 0.3) is 10.8 Å². The Bertz CT molecular complexity index is 825. The summed E-state index contributed by atoms with van der Waals surface area (Å²) in [5, 5.41) is 7.41. The largest absolute Gasteiger partial charge is 0.264 e. The second-order valence-electron chi connectivity index (χ2n) is 4.86. The van der Waals surface area contributed by atoms with E-state index in [1.807, 2.05) is 30.4 Å². The molecule has 0 radical (unpaired) electrons. The van der Waals surface area contributed by atoms with Gasteiger partial charge in [0.05, 0.1) is 0 Å². The predicted molar refractivity (Wildman–Crippen MR) is 79.4 cm³/mol. The standard InChI is InChI=1S/C15H14N2O2S/c16-20(18,19)15(7-2-1-3-8-15)14-5-4-13-11-17-9-6-12(13)10-14/h1-7,9-11H,8H2,(H2,16,18,19). The van der Waals surface area contributed by atoms with Gasteiger partial charge in [-0.2, -0.15) is 0 Å². The van der Waals surface area contributed by atoms with Crippen molar-refractivity contribution >= 4 is 20.8 Å². The van der Waals surface area contributed by atoms with Crippen molar-refractivity contribution in [2.75, 3.05) is 0 Å². The van der Waals surface area contributed by atoms with E-state index in [-0.39, 0.29) is 0 Å². The quantitative estimate of drug-likeness (QED) is 0.920. The van der Waals surface area contributed by atoms with Gasteiger partial charge in [-0.1, -0.05) is 36.4 Å². The van der Waals surface area contributed by atoms with Gasteiger partial charge in [0.15, 0.2) is 0 Å². The highest BCUT2D eigenvalue weighted by Gasteiger charge is 2.40. The number of nitrogens with two attached hydrogens (primary N) is 1. The topological polar surface area (TPSA) is 73.1 Å². The van der Waals surface area contributed by atoms with Gasteiger partial charge in [-0.05, 0) is 29.5 Å². The summed E-state index contributed by atoms with van der Waals surface area (Å²) < 4.78 is 23.1. The second-order valence-corrected chi connectivity index (χ2v) is 6.68. The van der Waals surface area contributed by atoms with E-state index in [9.17, 15) is 8.42 Å². The number of pyridine rings is 1. The summed E-state index contributed by atoms with van der Waals surface area (Å²) in [6, 6.07) is 7.40. The predicted octanol–water partition coefficient (Wildman–Crippen LogP) is 2.23. The zero-order valence-corrected chi connectivity index (χ0v) is 11.5. The van der Waals surface area contributed by atoms with Crippen molar-refractivity contribution < 1.29 is 8.42 Å². The van der Waals surface area contributed by atoms with Crippen LogP contribution in [0.3, 0.4) is 0 Å². The van der Waals surface area contributed by atoms with Gasteiger partial charge >= 0.3 is 0 Å². The Morgan fingerprint density at radius 1 is 1.15 bits per heavy atom. The molecule has 0 amide bonds. The van der Waals surface area contributed by atoms with E-state index in [0.717, 1.165) is 10.8 Å². The van der Waals surface area contributed by atoms with Crippen LogP contribution in [-0.4, -0.2) is 13.4 Å². The molecule has 1 aliphatic rings. The molecule has 102 valence electrons. The van der Waals surface area contributed by atoms with Crippen molar-refractivity contribution in [3.63, 3.8) is 0 Å². The number of hydrogen-bond acceptors (Lipinski definition) is 3. The van der Waals surface area contributed by atoms with Crippen LogP contribution in [0.2, 0.25) is 0 Å². The van der Waals surface area contributed by atoms with Gasteiger partial charge in [0.1, 0.15) is 4.75 Å². The molecule has 1 aliphatic carbocycles. The Labute approximate surface area is 117 Å². The minimum Gasteiger partial charge on any atom is -0.264 e. The fraction of sp³-hybridized carbons (Fsp3) is 0.133. The molecule has 1 aromatic heterocycles. The number of aromatic nitrogens is 1. The average molecular weight is 286 g/mol. The summed E-state index contributed by atoms with van der Waals surface area (Å²) >= 11 is 0. The number of allylic oxidation sites excluding steroid dienone is 3. The van der Waals surface area contributed by atoms with Crippen LogP contribution < -0.4 is 5.14 Å². The van der Waals surface area contributed by atoms with Gasteiger partial charge in [-0.15, -0.1) is 0 Å². The maximum atomic E-state index is 12.1. The highest BCUT2D eigenvalue weighted by Crippen LogP contribution is 2.37. The molecular formula is C15H14N2O2S. The molecule has 1 atom stereocenters. The van der Waals surface area contributed by atoms with Crippen molar-refractivity contribution in [2.24, 2.45) is 5.14 Å². The summed E-state index contributed by atoms with van der Waals surface area (Å²) in [7, 11) is -3.76. The van der Waals surface area contributed by atoms with Gasteiger partial charge in [0.25, 0.3) is 0 Å². The molecule has 0 saturated carbocycles. The first-order valence-corrected chi connectivity index (χ1v) is 7.79. The molecule has 20 heavy (non-hydrogen) atoms. The maximum absolute atomic E-state index is 12.1. The number of benzene rings is 1. The fourth-order valence-corrected chi connectivity index (χ4v) is 3.59. The zero-order chi connectivity index (χ0) is 14.2. The molecule has 4 nitrogen and oxygen atoms in total. The smallest absolute Gasteiger partial charge is 0.223 e. The lowest BCUT2D eigenvalue weighted by Crippen LogP contribution is -2.39. The number of fused-ring (bicyclic) bond motifs is 1. The third kappa shape index (κ3) is 1.95. The fourth-order valence-electron chi connectivity index (χ4n) is 2.54. The lowest BCUT2D eigenvalue weighted by Gasteiger charge is -2.29. The first-order valence-electron chi connectivity index (χ1n) is 6.24. The Kier molecular flexibility index (Phi) is 2.96. The second kappa shape index (κ2) is 4.54. The molecule has 1 unspecified atom stereocenters. The van der Waals surface area contributed by atoms with Gasteiger partial charge in [-0.25, -0.2) is 13.6 Å². The Hall–Kier alpha value is -1.98. The van der Waals surface area contributed by atoms with E-state index >= 15 is 0 Å². The number of hydrogen-bond donors (Lipinski definition) is 1. The maximum Gasteiger partial charge on any atom is 0.223 e. The minimum atomic E-state index is -3.76. The van der Waals surface area contributed by atoms with E-state index in [2.05, 4.69) is 4.98 Å². The summed E-state index contributed by atoms with van der Waals surface area (Å²) in [6.07, 6.45) is 10.8. The van der Waals surface area contributed by atoms with Crippen LogP contribution >= 0.6 is 0 Å². The van der Waals surface area contributed by atoms with E-state index in [1.165, 1.54) is 0 Å². The Morgan fingerprint density at radius 3 is 2.70 bits per heavy atom. The van der Waals surface area contributed by atoms with Crippen molar-refractivity contribution in [3.05, 3.63) is 66.5 Å². The lowest BCUT2D eigenvalue weighted by molar-refractivity contribution is 0.559. The molecule has 0 bridgehead atoms. The number of rotatable bonds is 2. The first-order chi connectivity index (χ1) is 9.53. The SMILES string of the molecule is NS(=O)(=O)C1(c2ccc3cnccc3c2)C=CC=CC1. The van der Waals surface area contributed by atoms with E-state index in [4.69, 9.17) is 5.14 Å². The molecule has 0 aliphatic heterocycles. The van der Waals surface area contributed by atoms with Crippen LogP contribution in [0.15, 0.2) is 61.0 Å². The third-order valence-electron chi connectivity index (χ3n) is 3.67. The molecule has 1 aromatic carbocycles. The molecule has 5 heteroatoms. The van der Waals surface area contributed by atoms with Crippen molar-refractivity contribution in [3.8, 4) is 0 Å². The third-order valence-corrected chi connectivity index (χ3v) is 5.22. The molecular weight excluding hydrogens is 272 g/mol. The first kappa shape index (κ1) is 13.0. The van der Waals surface area contributed by atoms with Crippen LogP contribution in [-0.2, 0) is 14.8 Å². The number of nitrogens with zero attached hydrogens (tertiary/aromatic N) is 1. The summed E-state index contributed by atoms with van der Waals surface area (Å²) in [6.45, 7) is 0. The highest BCUT2D eigenvalue weighted by atomic mass is 32.2. The average Bonchev–Trinajstić information content (AvgIpc) is 2.46. The summed E-state index contributed by atoms with van der Waals surface area (Å²) in [5.41, 5.74) is 0.680. The molecule has 0 fully saturated rings. The molecule has 2 aromatic rings. The highest BCUT2D eigenvalue weighted by molar-refractivity contribution is 7.90. The van der Waals surface area contributed by atoms with Gasteiger partial charge < -0.3 is 0 Å². The monoisotopic (exact) mass is 286 g/mol. The Balaban J connectivity index is 2.25. The van der Waals surface area contributed by atoms with Crippen molar-refractivity contribution in [1.29, 1.82) is 0 Å². The van der Waals surface area contributed by atoms with Crippen molar-refractivity contribution in [1.82, 2.24) is 4.98 Å². The van der Waals surface area contributed by atoms with Crippen LogP contribution in [0.1, 0.15) is 12.0 Å². The van der Waals surface area contributed by atoms with E-state index in [0.29, 0.717) is 12.0 Å². The van der Waals surface area contributed by atoms with Crippen LogP contribution in [0, 0.1) is 0 Å². The molecule has 3 rings (SSSR count). The molecule has 1 heterocycles. The van der Waals surface area contributed by atoms with E-state index in [1.54, 1.807) is 30.6 Å². The molecule has 0 saturated heterocycles.